The summed E-state index contributed by atoms with van der Waals surface area (Å²) in [6.45, 7) is 6.59. The number of nitrogens with one attached hydrogen (secondary N) is 1. The van der Waals surface area contributed by atoms with Crippen LogP contribution < -0.4 is 14.8 Å². The molecule has 1 aliphatic rings. The van der Waals surface area contributed by atoms with Gasteiger partial charge in [0, 0.05) is 17.3 Å². The molecule has 124 valence electrons. The van der Waals surface area contributed by atoms with Gasteiger partial charge in [0.1, 0.15) is 17.2 Å². The van der Waals surface area contributed by atoms with Crippen LogP contribution in [0.3, 0.4) is 0 Å². The van der Waals surface area contributed by atoms with Gasteiger partial charge in [-0.15, -0.1) is 0 Å². The SMILES string of the molecule is CC(C)(C)Nc1c(-c2ccc3c(c2)OCO3)nc2ccc(Cl)cn12. The number of halogens is 1. The lowest BCUT2D eigenvalue weighted by molar-refractivity contribution is 0.174. The zero-order valence-corrected chi connectivity index (χ0v) is 14.5. The first-order chi connectivity index (χ1) is 11.4. The number of nitrogens with zero attached hydrogens (tertiary/aromatic N) is 2. The Labute approximate surface area is 145 Å². The molecule has 0 spiro atoms. The Hall–Kier alpha value is -2.40. The number of benzene rings is 1. The Kier molecular flexibility index (Phi) is 3.35. The average molecular weight is 344 g/mol. The maximum atomic E-state index is 6.18. The molecule has 1 N–H and O–H groups in total. The van der Waals surface area contributed by atoms with Gasteiger partial charge in [-0.2, -0.15) is 0 Å². The van der Waals surface area contributed by atoms with Gasteiger partial charge in [0.05, 0.1) is 5.02 Å². The summed E-state index contributed by atoms with van der Waals surface area (Å²) in [6, 6.07) is 9.61. The number of hydrogen-bond donors (Lipinski definition) is 1. The fourth-order valence-corrected chi connectivity index (χ4v) is 2.90. The van der Waals surface area contributed by atoms with Crippen LogP contribution in [0.15, 0.2) is 36.5 Å². The van der Waals surface area contributed by atoms with E-state index >= 15 is 0 Å². The maximum absolute atomic E-state index is 6.18. The molecule has 0 aliphatic carbocycles. The highest BCUT2D eigenvalue weighted by molar-refractivity contribution is 6.30. The summed E-state index contributed by atoms with van der Waals surface area (Å²) in [5, 5.41) is 4.20. The van der Waals surface area contributed by atoms with Gasteiger partial charge in [-0.1, -0.05) is 11.6 Å². The number of anilines is 1. The molecular weight excluding hydrogens is 326 g/mol. The van der Waals surface area contributed by atoms with Crippen LogP contribution in [0.5, 0.6) is 11.5 Å². The lowest BCUT2D eigenvalue weighted by Crippen LogP contribution is -2.27. The van der Waals surface area contributed by atoms with Gasteiger partial charge in [-0.25, -0.2) is 4.98 Å². The van der Waals surface area contributed by atoms with Crippen molar-refractivity contribution in [3.05, 3.63) is 41.6 Å². The summed E-state index contributed by atoms with van der Waals surface area (Å²) in [4.78, 5) is 4.78. The average Bonchev–Trinajstić information content (AvgIpc) is 3.10. The molecule has 4 rings (SSSR count). The Morgan fingerprint density at radius 3 is 2.71 bits per heavy atom. The molecule has 0 bridgehead atoms. The zero-order chi connectivity index (χ0) is 16.9. The van der Waals surface area contributed by atoms with Gasteiger partial charge in [0.15, 0.2) is 11.5 Å². The molecule has 0 atom stereocenters. The van der Waals surface area contributed by atoms with Gasteiger partial charge in [0.25, 0.3) is 0 Å². The molecule has 1 aliphatic heterocycles. The molecule has 3 heterocycles. The molecule has 0 radical (unpaired) electrons. The van der Waals surface area contributed by atoms with Crippen molar-refractivity contribution in [3.8, 4) is 22.8 Å². The molecule has 24 heavy (non-hydrogen) atoms. The summed E-state index contributed by atoms with van der Waals surface area (Å²) < 4.78 is 12.9. The third-order valence-electron chi connectivity index (χ3n) is 3.72. The van der Waals surface area contributed by atoms with E-state index in [4.69, 9.17) is 26.1 Å². The van der Waals surface area contributed by atoms with Crippen LogP contribution >= 0.6 is 11.6 Å². The van der Waals surface area contributed by atoms with Gasteiger partial charge < -0.3 is 14.8 Å². The Bertz CT molecular complexity index is 928. The maximum Gasteiger partial charge on any atom is 0.231 e. The summed E-state index contributed by atoms with van der Waals surface area (Å²) >= 11 is 6.18. The standard InChI is InChI=1S/C18H18ClN3O2/c1-18(2,3)21-17-16(20-15-7-5-12(19)9-22(15)17)11-4-6-13-14(8-11)24-10-23-13/h4-9,21H,10H2,1-3H3. The minimum absolute atomic E-state index is 0.122. The first-order valence-electron chi connectivity index (χ1n) is 7.76. The second-order valence-corrected chi connectivity index (χ2v) is 7.26. The molecule has 5 nitrogen and oxygen atoms in total. The number of pyridine rings is 1. The number of aromatic nitrogens is 2. The molecule has 1 aromatic carbocycles. The number of imidazole rings is 1. The second kappa shape index (κ2) is 5.31. The van der Waals surface area contributed by atoms with E-state index in [1.807, 2.05) is 40.9 Å². The second-order valence-electron chi connectivity index (χ2n) is 6.83. The zero-order valence-electron chi connectivity index (χ0n) is 13.8. The third kappa shape index (κ3) is 2.65. The van der Waals surface area contributed by atoms with Crippen molar-refractivity contribution in [2.75, 3.05) is 12.1 Å². The summed E-state index contributed by atoms with van der Waals surface area (Å²) in [7, 11) is 0. The molecular formula is C18H18ClN3O2. The minimum atomic E-state index is -0.122. The number of rotatable bonds is 2. The van der Waals surface area contributed by atoms with Crippen molar-refractivity contribution in [2.24, 2.45) is 0 Å². The van der Waals surface area contributed by atoms with E-state index in [1.165, 1.54) is 0 Å². The quantitative estimate of drug-likeness (QED) is 0.739. The van der Waals surface area contributed by atoms with Crippen molar-refractivity contribution in [3.63, 3.8) is 0 Å². The van der Waals surface area contributed by atoms with E-state index in [-0.39, 0.29) is 12.3 Å². The van der Waals surface area contributed by atoms with Crippen LogP contribution in [0.25, 0.3) is 16.9 Å². The number of ether oxygens (including phenoxy) is 2. The highest BCUT2D eigenvalue weighted by atomic mass is 35.5. The number of hydrogen-bond acceptors (Lipinski definition) is 4. The lowest BCUT2D eigenvalue weighted by Gasteiger charge is -2.22. The van der Waals surface area contributed by atoms with Gasteiger partial charge in [-0.05, 0) is 51.1 Å². The topological polar surface area (TPSA) is 47.8 Å². The first-order valence-corrected chi connectivity index (χ1v) is 8.14. The predicted molar refractivity (Wildman–Crippen MR) is 95.1 cm³/mol. The van der Waals surface area contributed by atoms with E-state index in [0.29, 0.717) is 5.02 Å². The van der Waals surface area contributed by atoms with Gasteiger partial charge >= 0.3 is 0 Å². The van der Waals surface area contributed by atoms with Crippen LogP contribution in [-0.2, 0) is 0 Å². The molecule has 0 saturated carbocycles. The largest absolute Gasteiger partial charge is 0.454 e. The van der Waals surface area contributed by atoms with E-state index in [9.17, 15) is 0 Å². The van der Waals surface area contributed by atoms with Crippen LogP contribution in [0.1, 0.15) is 20.8 Å². The third-order valence-corrected chi connectivity index (χ3v) is 3.95. The lowest BCUT2D eigenvalue weighted by atomic mass is 10.1. The molecule has 0 fully saturated rings. The van der Waals surface area contributed by atoms with Crippen molar-refractivity contribution in [1.29, 1.82) is 0 Å². The van der Waals surface area contributed by atoms with Crippen molar-refractivity contribution < 1.29 is 9.47 Å². The monoisotopic (exact) mass is 343 g/mol. The highest BCUT2D eigenvalue weighted by Crippen LogP contribution is 2.38. The van der Waals surface area contributed by atoms with Crippen LogP contribution in [-0.4, -0.2) is 21.7 Å². The summed E-state index contributed by atoms with van der Waals surface area (Å²) in [6.07, 6.45) is 1.87. The highest BCUT2D eigenvalue weighted by Gasteiger charge is 2.21. The van der Waals surface area contributed by atoms with Gasteiger partial charge in [0.2, 0.25) is 6.79 Å². The molecule has 2 aromatic heterocycles. The Morgan fingerprint density at radius 1 is 1.12 bits per heavy atom. The normalized spacial score (nSPS) is 13.5. The van der Waals surface area contributed by atoms with E-state index in [0.717, 1.165) is 34.2 Å². The molecule has 0 unspecified atom stereocenters. The smallest absolute Gasteiger partial charge is 0.231 e. The van der Waals surface area contributed by atoms with Gasteiger partial charge in [-0.3, -0.25) is 4.40 Å². The molecule has 0 saturated heterocycles. The fourth-order valence-electron chi connectivity index (χ4n) is 2.74. The van der Waals surface area contributed by atoms with Crippen LogP contribution in [0, 0.1) is 0 Å². The Morgan fingerprint density at radius 2 is 1.92 bits per heavy atom. The Balaban J connectivity index is 1.92. The van der Waals surface area contributed by atoms with Crippen LogP contribution in [0.2, 0.25) is 5.02 Å². The van der Waals surface area contributed by atoms with E-state index in [2.05, 4.69) is 26.1 Å². The van der Waals surface area contributed by atoms with E-state index in [1.54, 1.807) is 0 Å². The minimum Gasteiger partial charge on any atom is -0.454 e. The van der Waals surface area contributed by atoms with Crippen molar-refractivity contribution in [1.82, 2.24) is 9.38 Å². The first kappa shape index (κ1) is 15.1. The van der Waals surface area contributed by atoms with Crippen LogP contribution in [0.4, 0.5) is 5.82 Å². The molecule has 6 heteroatoms. The van der Waals surface area contributed by atoms with Crippen molar-refractivity contribution >= 4 is 23.1 Å². The fraction of sp³-hybridized carbons (Fsp3) is 0.278. The summed E-state index contributed by atoms with van der Waals surface area (Å²) in [5.41, 5.74) is 2.53. The van der Waals surface area contributed by atoms with E-state index < -0.39 is 0 Å². The molecule has 3 aromatic rings. The number of fused-ring (bicyclic) bond motifs is 2. The predicted octanol–water partition coefficient (Wildman–Crippen LogP) is 4.59. The summed E-state index contributed by atoms with van der Waals surface area (Å²) in [5.74, 6) is 2.40. The molecule has 0 amide bonds. The van der Waals surface area contributed by atoms with Crippen molar-refractivity contribution in [2.45, 2.75) is 26.3 Å².